The summed E-state index contributed by atoms with van der Waals surface area (Å²) < 4.78 is 7.49. The standard InChI is InChI=1S/C13H16ClN3O/c1-17-11(4-6-16-17)5-7-18-13-3-2-10(9-15)8-12(13)14/h2-4,6,8H,5,7,9,15H2,1H3. The lowest BCUT2D eigenvalue weighted by atomic mass is 10.2. The molecule has 5 heteroatoms. The minimum atomic E-state index is 0.481. The largest absolute Gasteiger partial charge is 0.492 e. The van der Waals surface area contributed by atoms with Crippen molar-refractivity contribution in [3.8, 4) is 5.75 Å². The fourth-order valence-corrected chi connectivity index (χ4v) is 1.96. The Morgan fingerprint density at radius 1 is 1.39 bits per heavy atom. The molecule has 2 rings (SSSR count). The van der Waals surface area contributed by atoms with Crippen LogP contribution in [0.4, 0.5) is 0 Å². The Hall–Kier alpha value is -1.52. The van der Waals surface area contributed by atoms with Gasteiger partial charge in [0.25, 0.3) is 0 Å². The molecule has 0 unspecified atom stereocenters. The van der Waals surface area contributed by atoms with Crippen molar-refractivity contribution in [3.05, 3.63) is 46.7 Å². The number of rotatable bonds is 5. The number of halogens is 1. The Morgan fingerprint density at radius 3 is 2.83 bits per heavy atom. The van der Waals surface area contributed by atoms with E-state index in [2.05, 4.69) is 5.10 Å². The van der Waals surface area contributed by atoms with Crippen LogP contribution in [0.5, 0.6) is 5.75 Å². The first-order valence-electron chi connectivity index (χ1n) is 5.79. The summed E-state index contributed by atoms with van der Waals surface area (Å²) in [6.45, 7) is 1.05. The molecule has 96 valence electrons. The van der Waals surface area contributed by atoms with Crippen LogP contribution in [0.3, 0.4) is 0 Å². The molecular weight excluding hydrogens is 250 g/mol. The Morgan fingerprint density at radius 2 is 2.22 bits per heavy atom. The summed E-state index contributed by atoms with van der Waals surface area (Å²) in [4.78, 5) is 0. The average molecular weight is 266 g/mol. The lowest BCUT2D eigenvalue weighted by molar-refractivity contribution is 0.318. The Labute approximate surface area is 111 Å². The highest BCUT2D eigenvalue weighted by Crippen LogP contribution is 2.25. The van der Waals surface area contributed by atoms with Crippen molar-refractivity contribution in [2.45, 2.75) is 13.0 Å². The summed E-state index contributed by atoms with van der Waals surface area (Å²) in [5.74, 6) is 0.691. The van der Waals surface area contributed by atoms with Crippen molar-refractivity contribution < 1.29 is 4.74 Å². The quantitative estimate of drug-likeness (QED) is 0.901. The van der Waals surface area contributed by atoms with Gasteiger partial charge in [0, 0.05) is 31.9 Å². The van der Waals surface area contributed by atoms with Gasteiger partial charge >= 0.3 is 0 Å². The highest BCUT2D eigenvalue weighted by atomic mass is 35.5. The Balaban J connectivity index is 1.92. The van der Waals surface area contributed by atoms with Gasteiger partial charge in [-0.05, 0) is 23.8 Å². The molecule has 0 atom stereocenters. The van der Waals surface area contributed by atoms with E-state index in [-0.39, 0.29) is 0 Å². The smallest absolute Gasteiger partial charge is 0.137 e. The number of hydrogen-bond acceptors (Lipinski definition) is 3. The highest BCUT2D eigenvalue weighted by Gasteiger charge is 2.04. The molecule has 0 saturated carbocycles. The van der Waals surface area contributed by atoms with Crippen LogP contribution in [0, 0.1) is 0 Å². The molecule has 18 heavy (non-hydrogen) atoms. The minimum absolute atomic E-state index is 0.481. The number of ether oxygens (including phenoxy) is 1. The lowest BCUT2D eigenvalue weighted by Gasteiger charge is -2.09. The van der Waals surface area contributed by atoms with Crippen LogP contribution in [-0.4, -0.2) is 16.4 Å². The van der Waals surface area contributed by atoms with Crippen LogP contribution in [0.2, 0.25) is 5.02 Å². The van der Waals surface area contributed by atoms with Gasteiger partial charge in [0.1, 0.15) is 5.75 Å². The molecule has 0 bridgehead atoms. The monoisotopic (exact) mass is 265 g/mol. The lowest BCUT2D eigenvalue weighted by Crippen LogP contribution is -2.06. The van der Waals surface area contributed by atoms with Crippen LogP contribution >= 0.6 is 11.6 Å². The molecule has 0 saturated heterocycles. The van der Waals surface area contributed by atoms with Gasteiger partial charge in [0.2, 0.25) is 0 Å². The molecule has 1 heterocycles. The van der Waals surface area contributed by atoms with Gasteiger partial charge in [-0.2, -0.15) is 5.10 Å². The molecule has 4 nitrogen and oxygen atoms in total. The number of benzene rings is 1. The zero-order valence-electron chi connectivity index (χ0n) is 10.3. The van der Waals surface area contributed by atoms with E-state index in [1.807, 2.05) is 36.0 Å². The van der Waals surface area contributed by atoms with Gasteiger partial charge in [-0.15, -0.1) is 0 Å². The number of aromatic nitrogens is 2. The van der Waals surface area contributed by atoms with Crippen LogP contribution in [0.1, 0.15) is 11.3 Å². The van der Waals surface area contributed by atoms with Gasteiger partial charge in [-0.3, -0.25) is 4.68 Å². The average Bonchev–Trinajstić information content (AvgIpc) is 2.77. The van der Waals surface area contributed by atoms with Gasteiger partial charge < -0.3 is 10.5 Å². The second kappa shape index (κ2) is 5.89. The minimum Gasteiger partial charge on any atom is -0.492 e. The first-order valence-corrected chi connectivity index (χ1v) is 6.16. The van der Waals surface area contributed by atoms with Crippen LogP contribution < -0.4 is 10.5 Å². The van der Waals surface area contributed by atoms with Crippen molar-refractivity contribution in [1.29, 1.82) is 0 Å². The van der Waals surface area contributed by atoms with Crippen LogP contribution in [0.15, 0.2) is 30.5 Å². The second-order valence-corrected chi connectivity index (χ2v) is 4.42. The molecular formula is C13H16ClN3O. The molecule has 0 aliphatic heterocycles. The van der Waals surface area contributed by atoms with E-state index in [0.717, 1.165) is 17.7 Å². The van der Waals surface area contributed by atoms with Crippen molar-refractivity contribution in [2.75, 3.05) is 6.61 Å². The number of nitrogens with two attached hydrogens (primary N) is 1. The van der Waals surface area contributed by atoms with E-state index in [9.17, 15) is 0 Å². The van der Waals surface area contributed by atoms with E-state index in [1.165, 1.54) is 0 Å². The molecule has 2 N–H and O–H groups in total. The summed E-state index contributed by atoms with van der Waals surface area (Å²) in [6.07, 6.45) is 2.57. The van der Waals surface area contributed by atoms with Crippen LogP contribution in [0.25, 0.3) is 0 Å². The van der Waals surface area contributed by atoms with E-state index in [1.54, 1.807) is 6.20 Å². The first kappa shape index (κ1) is 12.9. The fourth-order valence-electron chi connectivity index (χ4n) is 1.70. The second-order valence-electron chi connectivity index (χ2n) is 4.01. The topological polar surface area (TPSA) is 53.1 Å². The molecule has 0 aliphatic carbocycles. The predicted octanol–water partition coefficient (Wildman–Crippen LogP) is 2.15. The molecule has 0 fully saturated rings. The maximum Gasteiger partial charge on any atom is 0.137 e. The fraction of sp³-hybridized carbons (Fsp3) is 0.308. The zero-order valence-corrected chi connectivity index (χ0v) is 11.0. The first-order chi connectivity index (χ1) is 8.70. The summed E-state index contributed by atoms with van der Waals surface area (Å²) >= 11 is 6.10. The predicted molar refractivity (Wildman–Crippen MR) is 71.8 cm³/mol. The molecule has 1 aromatic carbocycles. The highest BCUT2D eigenvalue weighted by molar-refractivity contribution is 6.32. The molecule has 0 spiro atoms. The van der Waals surface area contributed by atoms with Crippen LogP contribution in [-0.2, 0) is 20.0 Å². The van der Waals surface area contributed by atoms with E-state index >= 15 is 0 Å². The van der Waals surface area contributed by atoms with Crippen molar-refractivity contribution in [1.82, 2.24) is 9.78 Å². The maximum atomic E-state index is 6.10. The molecule has 0 aliphatic rings. The molecule has 1 aromatic heterocycles. The van der Waals surface area contributed by atoms with Crippen molar-refractivity contribution >= 4 is 11.6 Å². The van der Waals surface area contributed by atoms with E-state index in [0.29, 0.717) is 23.9 Å². The Bertz CT molecular complexity index is 525. The van der Waals surface area contributed by atoms with Crippen molar-refractivity contribution in [2.24, 2.45) is 12.8 Å². The summed E-state index contributed by atoms with van der Waals surface area (Å²) in [5, 5.41) is 4.70. The zero-order chi connectivity index (χ0) is 13.0. The van der Waals surface area contributed by atoms with Gasteiger partial charge in [-0.25, -0.2) is 0 Å². The van der Waals surface area contributed by atoms with E-state index < -0.39 is 0 Å². The summed E-state index contributed by atoms with van der Waals surface area (Å²) in [6, 6.07) is 7.59. The maximum absolute atomic E-state index is 6.10. The van der Waals surface area contributed by atoms with Gasteiger partial charge in [0.15, 0.2) is 0 Å². The van der Waals surface area contributed by atoms with Gasteiger partial charge in [-0.1, -0.05) is 17.7 Å². The third kappa shape index (κ3) is 3.03. The Kier molecular flexibility index (Phi) is 4.23. The molecule has 2 aromatic rings. The van der Waals surface area contributed by atoms with E-state index in [4.69, 9.17) is 22.1 Å². The normalized spacial score (nSPS) is 10.6. The molecule has 0 amide bonds. The third-order valence-corrected chi connectivity index (χ3v) is 3.07. The molecule has 0 radical (unpaired) electrons. The number of hydrogen-bond donors (Lipinski definition) is 1. The third-order valence-electron chi connectivity index (χ3n) is 2.77. The number of aryl methyl sites for hydroxylation is 1. The SMILES string of the molecule is Cn1nccc1CCOc1ccc(CN)cc1Cl. The summed E-state index contributed by atoms with van der Waals surface area (Å²) in [7, 11) is 1.92. The van der Waals surface area contributed by atoms with Gasteiger partial charge in [0.05, 0.1) is 11.6 Å². The summed E-state index contributed by atoms with van der Waals surface area (Å²) in [5.41, 5.74) is 7.67. The van der Waals surface area contributed by atoms with Crippen molar-refractivity contribution in [3.63, 3.8) is 0 Å². The number of nitrogens with zero attached hydrogens (tertiary/aromatic N) is 2.